The van der Waals surface area contributed by atoms with Crippen molar-refractivity contribution < 1.29 is 0 Å². The fourth-order valence-electron chi connectivity index (χ4n) is 3.18. The van der Waals surface area contributed by atoms with Crippen LogP contribution in [0.15, 0.2) is 42.7 Å². The van der Waals surface area contributed by atoms with E-state index in [-0.39, 0.29) is 5.95 Å². The minimum Gasteiger partial charge on any atom is -0.368 e. The lowest BCUT2D eigenvalue weighted by atomic mass is 10.1. The lowest BCUT2D eigenvalue weighted by molar-refractivity contribution is 0.311. The summed E-state index contributed by atoms with van der Waals surface area (Å²) in [4.78, 5) is 22.0. The van der Waals surface area contributed by atoms with Crippen molar-refractivity contribution in [2.24, 2.45) is 0 Å². The molecule has 3 heterocycles. The lowest BCUT2D eigenvalue weighted by Crippen LogP contribution is -2.45. The fraction of sp³-hybridized carbons (Fsp3) is 0.300. The third kappa shape index (κ3) is 4.01. The summed E-state index contributed by atoms with van der Waals surface area (Å²) in [6.07, 6.45) is 3.54. The van der Waals surface area contributed by atoms with E-state index in [2.05, 4.69) is 42.1 Å². The van der Waals surface area contributed by atoms with Gasteiger partial charge in [-0.05, 0) is 37.7 Å². The van der Waals surface area contributed by atoms with Crippen molar-refractivity contribution in [2.45, 2.75) is 6.92 Å². The molecule has 0 radical (unpaired) electrons. The zero-order chi connectivity index (χ0) is 19.5. The molecule has 1 fully saturated rings. The van der Waals surface area contributed by atoms with Crippen LogP contribution in [0.1, 0.15) is 5.56 Å². The lowest BCUT2D eigenvalue weighted by Gasteiger charge is -2.32. The number of rotatable bonds is 4. The van der Waals surface area contributed by atoms with Gasteiger partial charge in [0.1, 0.15) is 5.82 Å². The molecule has 0 spiro atoms. The second-order valence-corrected chi connectivity index (χ2v) is 6.99. The number of hydrogen-bond acceptors (Lipinski definition) is 8. The number of aromatic nitrogens is 4. The molecule has 0 bridgehead atoms. The van der Waals surface area contributed by atoms with Crippen LogP contribution < -0.4 is 16.0 Å². The summed E-state index contributed by atoms with van der Waals surface area (Å²) in [5, 5.41) is 3.35. The average Bonchev–Trinajstić information content (AvgIpc) is 2.71. The topological polar surface area (TPSA) is 96.1 Å². The van der Waals surface area contributed by atoms with E-state index in [0.29, 0.717) is 0 Å². The van der Waals surface area contributed by atoms with E-state index in [1.807, 2.05) is 37.3 Å². The number of nitrogens with zero attached hydrogens (tertiary/aromatic N) is 6. The van der Waals surface area contributed by atoms with E-state index in [4.69, 9.17) is 5.73 Å². The van der Waals surface area contributed by atoms with Gasteiger partial charge in [-0.2, -0.15) is 4.98 Å². The first-order valence-corrected chi connectivity index (χ1v) is 9.31. The molecular formula is C20H24N8. The maximum atomic E-state index is 5.72. The average molecular weight is 376 g/mol. The Hall–Kier alpha value is -3.26. The number of nitrogen functional groups attached to an aromatic ring is 1. The highest BCUT2D eigenvalue weighted by Crippen LogP contribution is 2.24. The Morgan fingerprint density at radius 3 is 2.46 bits per heavy atom. The van der Waals surface area contributed by atoms with Gasteiger partial charge in [0.05, 0.1) is 5.69 Å². The maximum absolute atomic E-state index is 5.72. The predicted octanol–water partition coefficient (Wildman–Crippen LogP) is 2.32. The summed E-state index contributed by atoms with van der Waals surface area (Å²) in [6, 6.07) is 9.91. The summed E-state index contributed by atoms with van der Waals surface area (Å²) >= 11 is 0. The molecule has 1 saturated heterocycles. The minimum atomic E-state index is 0.278. The minimum absolute atomic E-state index is 0.278. The number of piperazine rings is 1. The van der Waals surface area contributed by atoms with Crippen LogP contribution in [-0.2, 0) is 0 Å². The van der Waals surface area contributed by atoms with Crippen molar-refractivity contribution in [1.82, 2.24) is 24.8 Å². The Balaban J connectivity index is 1.49. The summed E-state index contributed by atoms with van der Waals surface area (Å²) in [5.74, 6) is 1.82. The largest absolute Gasteiger partial charge is 0.368 e. The number of benzene rings is 1. The Morgan fingerprint density at radius 1 is 0.964 bits per heavy atom. The molecule has 28 heavy (non-hydrogen) atoms. The maximum Gasteiger partial charge on any atom is 0.227 e. The predicted molar refractivity (Wildman–Crippen MR) is 112 cm³/mol. The zero-order valence-corrected chi connectivity index (χ0v) is 16.1. The molecule has 144 valence electrons. The molecule has 0 aliphatic carbocycles. The van der Waals surface area contributed by atoms with Crippen LogP contribution in [0.25, 0.3) is 11.3 Å². The first kappa shape index (κ1) is 18.1. The third-order valence-electron chi connectivity index (χ3n) is 4.85. The van der Waals surface area contributed by atoms with Gasteiger partial charge in [-0.15, -0.1) is 0 Å². The van der Waals surface area contributed by atoms with Gasteiger partial charge >= 0.3 is 0 Å². The normalized spacial score (nSPS) is 14.9. The van der Waals surface area contributed by atoms with E-state index in [9.17, 15) is 0 Å². The zero-order valence-electron chi connectivity index (χ0n) is 16.1. The van der Waals surface area contributed by atoms with E-state index in [1.54, 1.807) is 12.4 Å². The van der Waals surface area contributed by atoms with Crippen LogP contribution in [0.3, 0.4) is 0 Å². The van der Waals surface area contributed by atoms with Gasteiger partial charge in [0.2, 0.25) is 11.9 Å². The summed E-state index contributed by atoms with van der Waals surface area (Å²) < 4.78 is 0. The molecular weight excluding hydrogens is 352 g/mol. The molecule has 8 nitrogen and oxygen atoms in total. The smallest absolute Gasteiger partial charge is 0.227 e. The van der Waals surface area contributed by atoms with Crippen molar-refractivity contribution in [3.63, 3.8) is 0 Å². The number of aryl methyl sites for hydroxylation is 1. The SMILES string of the molecule is Cc1cnc(N)nc1-c1ccc(Nc2ccnc(N3CCN(C)CC3)n2)cc1. The molecule has 0 atom stereocenters. The van der Waals surface area contributed by atoms with E-state index in [1.165, 1.54) is 0 Å². The van der Waals surface area contributed by atoms with Gasteiger partial charge < -0.3 is 20.9 Å². The highest BCUT2D eigenvalue weighted by molar-refractivity contribution is 5.67. The quantitative estimate of drug-likeness (QED) is 0.716. The van der Waals surface area contributed by atoms with Crippen molar-refractivity contribution in [2.75, 3.05) is 49.2 Å². The number of anilines is 4. The Bertz CT molecular complexity index is 949. The van der Waals surface area contributed by atoms with Crippen molar-refractivity contribution in [3.05, 3.63) is 48.3 Å². The summed E-state index contributed by atoms with van der Waals surface area (Å²) in [5.41, 5.74) is 9.51. The highest BCUT2D eigenvalue weighted by Gasteiger charge is 2.16. The van der Waals surface area contributed by atoms with E-state index in [0.717, 1.165) is 60.5 Å². The number of nitrogens with one attached hydrogen (secondary N) is 1. The molecule has 3 aromatic rings. The molecule has 3 N–H and O–H groups in total. The molecule has 2 aromatic heterocycles. The standard InChI is InChI=1S/C20H24N8/c1-14-13-23-19(21)26-18(14)15-3-5-16(6-4-15)24-17-7-8-22-20(25-17)28-11-9-27(2)10-12-28/h3-8,13H,9-12H2,1-2H3,(H2,21,23,26)(H,22,24,25). The van der Waals surface area contributed by atoms with Gasteiger partial charge in [0.25, 0.3) is 0 Å². The summed E-state index contributed by atoms with van der Waals surface area (Å²) in [6.45, 7) is 5.90. The van der Waals surface area contributed by atoms with Crippen LogP contribution in [0.5, 0.6) is 0 Å². The van der Waals surface area contributed by atoms with Gasteiger partial charge in [-0.25, -0.2) is 15.0 Å². The molecule has 0 unspecified atom stereocenters. The molecule has 1 aliphatic rings. The molecule has 1 aliphatic heterocycles. The Labute approximate surface area is 164 Å². The number of likely N-dealkylation sites (N-methyl/N-ethyl adjacent to an activating group) is 1. The Morgan fingerprint density at radius 2 is 1.71 bits per heavy atom. The van der Waals surface area contributed by atoms with Crippen LogP contribution in [0, 0.1) is 6.92 Å². The Kier molecular flexibility index (Phi) is 5.03. The molecule has 4 rings (SSSR count). The number of nitrogens with two attached hydrogens (primary N) is 1. The summed E-state index contributed by atoms with van der Waals surface area (Å²) in [7, 11) is 2.14. The van der Waals surface area contributed by atoms with Crippen LogP contribution in [-0.4, -0.2) is 58.1 Å². The molecule has 0 saturated carbocycles. The van der Waals surface area contributed by atoms with Crippen molar-refractivity contribution in [3.8, 4) is 11.3 Å². The van der Waals surface area contributed by atoms with Crippen LogP contribution >= 0.6 is 0 Å². The van der Waals surface area contributed by atoms with Gasteiger partial charge in [-0.1, -0.05) is 12.1 Å². The van der Waals surface area contributed by atoms with E-state index < -0.39 is 0 Å². The van der Waals surface area contributed by atoms with E-state index >= 15 is 0 Å². The van der Waals surface area contributed by atoms with Crippen molar-refractivity contribution in [1.29, 1.82) is 0 Å². The monoisotopic (exact) mass is 376 g/mol. The molecule has 0 amide bonds. The van der Waals surface area contributed by atoms with Crippen LogP contribution in [0.2, 0.25) is 0 Å². The number of hydrogen-bond donors (Lipinski definition) is 2. The van der Waals surface area contributed by atoms with Crippen molar-refractivity contribution >= 4 is 23.4 Å². The third-order valence-corrected chi connectivity index (χ3v) is 4.85. The van der Waals surface area contributed by atoms with Crippen LogP contribution in [0.4, 0.5) is 23.4 Å². The second-order valence-electron chi connectivity index (χ2n) is 6.99. The molecule has 8 heteroatoms. The van der Waals surface area contributed by atoms with Gasteiger partial charge in [0.15, 0.2) is 0 Å². The first-order chi connectivity index (χ1) is 13.6. The first-order valence-electron chi connectivity index (χ1n) is 9.31. The highest BCUT2D eigenvalue weighted by atomic mass is 15.3. The van der Waals surface area contributed by atoms with Gasteiger partial charge in [0, 0.05) is 49.8 Å². The second kappa shape index (κ2) is 7.77. The van der Waals surface area contributed by atoms with Gasteiger partial charge in [-0.3, -0.25) is 0 Å². The molecule has 1 aromatic carbocycles. The fourth-order valence-corrected chi connectivity index (χ4v) is 3.18.